The Balaban J connectivity index is 2.44. The Hall–Kier alpha value is -1.83. The number of amides is 2. The van der Waals surface area contributed by atoms with Crippen molar-refractivity contribution in [3.8, 4) is 0 Å². The van der Waals surface area contributed by atoms with Gasteiger partial charge in [0.25, 0.3) is 0 Å². The molecule has 0 aromatic carbocycles. The van der Waals surface area contributed by atoms with Crippen LogP contribution in [0, 0.1) is 5.92 Å². The van der Waals surface area contributed by atoms with Crippen molar-refractivity contribution in [2.24, 2.45) is 5.92 Å². The SMILES string of the molecule is COC(=O)C1CCN(C(=O)N[C@H](CO)C(=O)O)CC1. The molecule has 3 N–H and O–H groups in total. The molecule has 19 heavy (non-hydrogen) atoms. The van der Waals surface area contributed by atoms with Gasteiger partial charge in [0.15, 0.2) is 6.04 Å². The molecule has 0 saturated carbocycles. The van der Waals surface area contributed by atoms with E-state index in [1.54, 1.807) is 0 Å². The van der Waals surface area contributed by atoms with E-state index in [0.29, 0.717) is 25.9 Å². The highest BCUT2D eigenvalue weighted by Gasteiger charge is 2.29. The summed E-state index contributed by atoms with van der Waals surface area (Å²) in [7, 11) is 1.32. The van der Waals surface area contributed by atoms with Gasteiger partial charge in [-0.2, -0.15) is 0 Å². The Morgan fingerprint density at radius 3 is 2.37 bits per heavy atom. The number of carboxylic acids is 1. The fourth-order valence-electron chi connectivity index (χ4n) is 1.91. The zero-order valence-electron chi connectivity index (χ0n) is 10.7. The molecule has 0 bridgehead atoms. The smallest absolute Gasteiger partial charge is 0.328 e. The first-order valence-corrected chi connectivity index (χ1v) is 5.96. The number of carbonyl (C=O) groups excluding carboxylic acids is 2. The number of carbonyl (C=O) groups is 3. The fourth-order valence-corrected chi connectivity index (χ4v) is 1.91. The summed E-state index contributed by atoms with van der Waals surface area (Å²) in [5.41, 5.74) is 0. The maximum Gasteiger partial charge on any atom is 0.328 e. The lowest BCUT2D eigenvalue weighted by Crippen LogP contribution is -2.51. The van der Waals surface area contributed by atoms with Crippen LogP contribution in [-0.4, -0.2) is 65.9 Å². The van der Waals surface area contributed by atoms with Crippen LogP contribution < -0.4 is 5.32 Å². The number of rotatable bonds is 4. The van der Waals surface area contributed by atoms with E-state index in [9.17, 15) is 14.4 Å². The Morgan fingerprint density at radius 2 is 1.95 bits per heavy atom. The second-order valence-corrected chi connectivity index (χ2v) is 4.31. The number of esters is 1. The number of aliphatic carboxylic acids is 1. The molecule has 8 nitrogen and oxygen atoms in total. The van der Waals surface area contributed by atoms with E-state index in [1.807, 2.05) is 0 Å². The maximum absolute atomic E-state index is 11.7. The Labute approximate surface area is 110 Å². The van der Waals surface area contributed by atoms with Crippen molar-refractivity contribution in [3.05, 3.63) is 0 Å². The van der Waals surface area contributed by atoms with Crippen LogP contribution in [0.1, 0.15) is 12.8 Å². The monoisotopic (exact) mass is 274 g/mol. The standard InChI is InChI=1S/C11H18N2O6/c1-19-10(17)7-2-4-13(5-3-7)11(18)12-8(6-14)9(15)16/h7-8,14H,2-6H2,1H3,(H,12,18)(H,15,16)/t8-/m1/s1. The zero-order valence-corrected chi connectivity index (χ0v) is 10.7. The van der Waals surface area contributed by atoms with Crippen LogP contribution >= 0.6 is 0 Å². The number of carboxylic acid groups (broad SMARTS) is 1. The summed E-state index contributed by atoms with van der Waals surface area (Å²) < 4.78 is 4.63. The quantitative estimate of drug-likeness (QED) is 0.568. The minimum Gasteiger partial charge on any atom is -0.480 e. The first-order chi connectivity index (χ1) is 8.99. The molecule has 0 spiro atoms. The number of likely N-dealkylation sites (tertiary alicyclic amines) is 1. The lowest BCUT2D eigenvalue weighted by atomic mass is 9.97. The van der Waals surface area contributed by atoms with E-state index in [0.717, 1.165) is 0 Å². The number of aliphatic hydroxyl groups excluding tert-OH is 1. The van der Waals surface area contributed by atoms with Gasteiger partial charge >= 0.3 is 18.0 Å². The largest absolute Gasteiger partial charge is 0.480 e. The van der Waals surface area contributed by atoms with Crippen molar-refractivity contribution >= 4 is 18.0 Å². The summed E-state index contributed by atoms with van der Waals surface area (Å²) in [6, 6.07) is -1.87. The molecule has 1 aliphatic heterocycles. The van der Waals surface area contributed by atoms with E-state index in [1.165, 1.54) is 12.0 Å². The van der Waals surface area contributed by atoms with E-state index in [-0.39, 0.29) is 11.9 Å². The van der Waals surface area contributed by atoms with Crippen LogP contribution in [0.4, 0.5) is 4.79 Å². The number of piperidine rings is 1. The first-order valence-electron chi connectivity index (χ1n) is 5.96. The topological polar surface area (TPSA) is 116 Å². The van der Waals surface area contributed by atoms with Crippen LogP contribution in [0.2, 0.25) is 0 Å². The number of hydrogen-bond acceptors (Lipinski definition) is 5. The summed E-state index contributed by atoms with van der Waals surface area (Å²) in [5.74, 6) is -1.80. The molecule has 1 rings (SSSR count). The van der Waals surface area contributed by atoms with Crippen molar-refractivity contribution in [2.75, 3.05) is 26.8 Å². The number of aliphatic hydroxyl groups is 1. The molecule has 2 amide bonds. The summed E-state index contributed by atoms with van der Waals surface area (Å²) in [6.45, 7) is 0.0342. The predicted octanol–water partition coefficient (Wildman–Crippen LogP) is -0.973. The van der Waals surface area contributed by atoms with Crippen LogP contribution in [-0.2, 0) is 14.3 Å². The van der Waals surface area contributed by atoms with Gasteiger partial charge in [-0.25, -0.2) is 9.59 Å². The molecule has 1 atom stereocenters. The van der Waals surface area contributed by atoms with E-state index >= 15 is 0 Å². The summed E-state index contributed by atoms with van der Waals surface area (Å²) >= 11 is 0. The third-order valence-electron chi connectivity index (χ3n) is 3.10. The first kappa shape index (κ1) is 15.2. The molecule has 8 heteroatoms. The zero-order chi connectivity index (χ0) is 14.4. The molecule has 0 aliphatic carbocycles. The molecular formula is C11H18N2O6. The van der Waals surface area contributed by atoms with E-state index in [4.69, 9.17) is 10.2 Å². The molecule has 0 radical (unpaired) electrons. The van der Waals surface area contributed by atoms with Crippen molar-refractivity contribution in [1.82, 2.24) is 10.2 Å². The van der Waals surface area contributed by atoms with Gasteiger partial charge in [-0.05, 0) is 12.8 Å². The average Bonchev–Trinajstić information content (AvgIpc) is 2.43. The minimum atomic E-state index is -1.31. The lowest BCUT2D eigenvalue weighted by molar-refractivity contribution is -0.146. The van der Waals surface area contributed by atoms with Crippen LogP contribution in [0.25, 0.3) is 0 Å². The molecule has 1 heterocycles. The molecule has 0 unspecified atom stereocenters. The molecule has 1 aliphatic rings. The predicted molar refractivity (Wildman–Crippen MR) is 63.4 cm³/mol. The third kappa shape index (κ3) is 4.09. The molecule has 1 fully saturated rings. The van der Waals surface area contributed by atoms with Gasteiger partial charge < -0.3 is 25.2 Å². The van der Waals surface area contributed by atoms with Gasteiger partial charge in [-0.15, -0.1) is 0 Å². The third-order valence-corrected chi connectivity index (χ3v) is 3.10. The van der Waals surface area contributed by atoms with Crippen LogP contribution in [0.3, 0.4) is 0 Å². The van der Waals surface area contributed by atoms with Crippen molar-refractivity contribution in [3.63, 3.8) is 0 Å². The number of ether oxygens (including phenoxy) is 1. The second kappa shape index (κ2) is 6.93. The molecule has 1 saturated heterocycles. The van der Waals surface area contributed by atoms with Crippen LogP contribution in [0.5, 0.6) is 0 Å². The number of methoxy groups -OCH3 is 1. The lowest BCUT2D eigenvalue weighted by Gasteiger charge is -2.31. The summed E-state index contributed by atoms with van der Waals surface area (Å²) in [4.78, 5) is 35.1. The van der Waals surface area contributed by atoms with Gasteiger partial charge in [0.1, 0.15) is 0 Å². The van der Waals surface area contributed by atoms with Gasteiger partial charge in [-0.3, -0.25) is 4.79 Å². The molecular weight excluding hydrogens is 256 g/mol. The van der Waals surface area contributed by atoms with E-state index < -0.39 is 24.6 Å². The Bertz CT molecular complexity index is 351. The summed E-state index contributed by atoms with van der Waals surface area (Å²) in [5, 5.41) is 19.7. The fraction of sp³-hybridized carbons (Fsp3) is 0.727. The van der Waals surface area contributed by atoms with Gasteiger partial charge in [-0.1, -0.05) is 0 Å². The van der Waals surface area contributed by atoms with Gasteiger partial charge in [0.2, 0.25) is 0 Å². The van der Waals surface area contributed by atoms with Gasteiger partial charge in [0.05, 0.1) is 19.6 Å². The molecule has 0 aromatic heterocycles. The van der Waals surface area contributed by atoms with Gasteiger partial charge in [0, 0.05) is 13.1 Å². The highest BCUT2D eigenvalue weighted by atomic mass is 16.5. The number of hydrogen-bond donors (Lipinski definition) is 3. The average molecular weight is 274 g/mol. The Morgan fingerprint density at radius 1 is 1.37 bits per heavy atom. The number of nitrogens with one attached hydrogen (secondary N) is 1. The number of nitrogens with zero attached hydrogens (tertiary/aromatic N) is 1. The van der Waals surface area contributed by atoms with Crippen molar-refractivity contribution < 1.29 is 29.3 Å². The highest BCUT2D eigenvalue weighted by Crippen LogP contribution is 2.18. The summed E-state index contributed by atoms with van der Waals surface area (Å²) in [6.07, 6.45) is 0.966. The highest BCUT2D eigenvalue weighted by molar-refractivity contribution is 5.83. The van der Waals surface area contributed by atoms with Crippen LogP contribution in [0.15, 0.2) is 0 Å². The van der Waals surface area contributed by atoms with Crippen molar-refractivity contribution in [2.45, 2.75) is 18.9 Å². The minimum absolute atomic E-state index is 0.220. The molecule has 108 valence electrons. The Kier molecular flexibility index (Phi) is 5.56. The molecule has 0 aromatic rings. The normalized spacial score (nSPS) is 17.7. The number of urea groups is 1. The maximum atomic E-state index is 11.7. The van der Waals surface area contributed by atoms with Crippen molar-refractivity contribution in [1.29, 1.82) is 0 Å². The van der Waals surface area contributed by atoms with E-state index in [2.05, 4.69) is 10.1 Å². The second-order valence-electron chi connectivity index (χ2n) is 4.31.